The van der Waals surface area contributed by atoms with Gasteiger partial charge in [0.15, 0.2) is 0 Å². The van der Waals surface area contributed by atoms with Crippen LogP contribution in [0.3, 0.4) is 0 Å². The predicted molar refractivity (Wildman–Crippen MR) is 93.1 cm³/mol. The van der Waals surface area contributed by atoms with Gasteiger partial charge in [0.05, 0.1) is 11.8 Å². The van der Waals surface area contributed by atoms with E-state index in [1.54, 1.807) is 0 Å². The molecule has 0 aliphatic heterocycles. The van der Waals surface area contributed by atoms with Crippen molar-refractivity contribution in [2.75, 3.05) is 5.32 Å². The zero-order chi connectivity index (χ0) is 17.3. The number of hydrogen-bond donors (Lipinski definition) is 1. The number of amides is 1. The number of nitrogens with one attached hydrogen (secondary N) is 1. The Bertz CT molecular complexity index is 784. The number of fused-ring (bicyclic) bond motifs is 1. The predicted octanol–water partition coefficient (Wildman–Crippen LogP) is 4.40. The minimum Gasteiger partial charge on any atom is -0.351 e. The van der Waals surface area contributed by atoms with Crippen LogP contribution in [0.25, 0.3) is 0 Å². The van der Waals surface area contributed by atoms with E-state index in [2.05, 4.69) is 37.3 Å². The molecule has 1 aliphatic rings. The molecule has 3 rings (SSSR count). The van der Waals surface area contributed by atoms with Crippen molar-refractivity contribution < 1.29 is 9.32 Å². The highest BCUT2D eigenvalue weighted by Gasteiger charge is 2.34. The number of thiophene rings is 1. The van der Waals surface area contributed by atoms with Gasteiger partial charge in [0.2, 0.25) is 5.76 Å². The molecule has 0 saturated heterocycles. The number of aromatic nitrogens is 1. The molecule has 0 spiro atoms. The van der Waals surface area contributed by atoms with E-state index in [0.29, 0.717) is 16.5 Å². The smallest absolute Gasteiger partial charge is 0.294 e. The minimum atomic E-state index is -0.368. The number of carbonyl (C=O) groups excluding carboxylic acids is 1. The molecule has 2 aromatic rings. The van der Waals surface area contributed by atoms with Crippen molar-refractivity contribution in [3.63, 3.8) is 0 Å². The van der Waals surface area contributed by atoms with Crippen molar-refractivity contribution in [2.45, 2.75) is 46.5 Å². The van der Waals surface area contributed by atoms with Crippen LogP contribution in [-0.2, 0) is 12.8 Å². The van der Waals surface area contributed by atoms with Gasteiger partial charge in [-0.15, -0.1) is 11.3 Å². The Morgan fingerprint density at radius 2 is 2.38 bits per heavy atom. The van der Waals surface area contributed by atoms with Crippen molar-refractivity contribution in [3.8, 4) is 6.07 Å². The van der Waals surface area contributed by atoms with Crippen LogP contribution in [-0.4, -0.2) is 11.1 Å². The SMILES string of the molecule is CCC(C)(C)[C@@H]1CCc2c(sc(NC(=O)c3ccno3)c2C#N)C1. The summed E-state index contributed by atoms with van der Waals surface area (Å²) in [6.07, 6.45) is 5.54. The van der Waals surface area contributed by atoms with E-state index < -0.39 is 0 Å². The molecule has 0 bridgehead atoms. The molecule has 0 aromatic carbocycles. The number of rotatable bonds is 4. The Balaban J connectivity index is 1.86. The molecule has 1 atom stereocenters. The Hall–Kier alpha value is -2.13. The number of carbonyl (C=O) groups is 1. The second-order valence-electron chi connectivity index (χ2n) is 6.93. The first kappa shape index (κ1) is 16.7. The van der Waals surface area contributed by atoms with E-state index in [1.807, 2.05) is 0 Å². The van der Waals surface area contributed by atoms with Gasteiger partial charge < -0.3 is 9.84 Å². The molecule has 0 fully saturated rings. The lowest BCUT2D eigenvalue weighted by Gasteiger charge is -2.36. The molecule has 1 amide bonds. The third-order valence-corrected chi connectivity index (χ3v) is 6.45. The lowest BCUT2D eigenvalue weighted by molar-refractivity contribution is 0.0988. The molecular weight excluding hydrogens is 322 g/mol. The van der Waals surface area contributed by atoms with Gasteiger partial charge in [-0.25, -0.2) is 0 Å². The molecular formula is C18H21N3O2S. The summed E-state index contributed by atoms with van der Waals surface area (Å²) < 4.78 is 4.88. The van der Waals surface area contributed by atoms with Crippen LogP contribution in [0.15, 0.2) is 16.8 Å². The average molecular weight is 343 g/mol. The van der Waals surface area contributed by atoms with Gasteiger partial charge >= 0.3 is 0 Å². The lowest BCUT2D eigenvalue weighted by atomic mass is 9.69. The summed E-state index contributed by atoms with van der Waals surface area (Å²) in [5, 5.41) is 16.5. The van der Waals surface area contributed by atoms with Crippen LogP contribution in [0.1, 0.15) is 60.2 Å². The molecule has 1 aliphatic carbocycles. The van der Waals surface area contributed by atoms with E-state index in [1.165, 1.54) is 28.5 Å². The van der Waals surface area contributed by atoms with Crippen LogP contribution >= 0.6 is 11.3 Å². The van der Waals surface area contributed by atoms with E-state index in [0.717, 1.165) is 31.2 Å². The second-order valence-corrected chi connectivity index (χ2v) is 8.04. The van der Waals surface area contributed by atoms with Crippen molar-refractivity contribution in [3.05, 3.63) is 34.0 Å². The van der Waals surface area contributed by atoms with E-state index in [4.69, 9.17) is 4.52 Å². The van der Waals surface area contributed by atoms with Gasteiger partial charge in [0.25, 0.3) is 5.91 Å². The first-order chi connectivity index (χ1) is 11.5. The quantitative estimate of drug-likeness (QED) is 0.892. The standard InChI is InChI=1S/C18H21N3O2S/c1-4-18(2,3)11-5-6-12-13(10-19)17(24-15(12)9-11)21-16(22)14-7-8-20-23-14/h7-8,11H,4-6,9H2,1-3H3,(H,21,22)/t11-/m1/s1. The average Bonchev–Trinajstić information content (AvgIpc) is 3.21. The number of anilines is 1. The van der Waals surface area contributed by atoms with Crippen molar-refractivity contribution in [1.29, 1.82) is 5.26 Å². The van der Waals surface area contributed by atoms with Crippen LogP contribution in [0.2, 0.25) is 0 Å². The van der Waals surface area contributed by atoms with Gasteiger partial charge in [-0.2, -0.15) is 5.26 Å². The molecule has 5 nitrogen and oxygen atoms in total. The van der Waals surface area contributed by atoms with Crippen molar-refractivity contribution in [1.82, 2.24) is 5.16 Å². The molecule has 24 heavy (non-hydrogen) atoms. The third-order valence-electron chi connectivity index (χ3n) is 5.28. The first-order valence-electron chi connectivity index (χ1n) is 8.23. The summed E-state index contributed by atoms with van der Waals surface area (Å²) in [6.45, 7) is 6.86. The zero-order valence-corrected chi connectivity index (χ0v) is 15.0. The number of hydrogen-bond acceptors (Lipinski definition) is 5. The summed E-state index contributed by atoms with van der Waals surface area (Å²) in [4.78, 5) is 13.4. The molecule has 126 valence electrons. The maximum Gasteiger partial charge on any atom is 0.294 e. The fourth-order valence-corrected chi connectivity index (χ4v) is 4.52. The number of nitrogens with zero attached hydrogens (tertiary/aromatic N) is 2. The van der Waals surface area contributed by atoms with E-state index in [-0.39, 0.29) is 17.1 Å². The normalized spacial score (nSPS) is 17.2. The molecule has 6 heteroatoms. The summed E-state index contributed by atoms with van der Waals surface area (Å²) in [5.41, 5.74) is 2.01. The molecule has 1 N–H and O–H groups in total. The van der Waals surface area contributed by atoms with Gasteiger partial charge in [-0.3, -0.25) is 4.79 Å². The highest BCUT2D eigenvalue weighted by Crippen LogP contribution is 2.45. The first-order valence-corrected chi connectivity index (χ1v) is 9.04. The highest BCUT2D eigenvalue weighted by atomic mass is 32.1. The molecule has 0 unspecified atom stereocenters. The third kappa shape index (κ3) is 2.96. The summed E-state index contributed by atoms with van der Waals surface area (Å²) in [6, 6.07) is 3.78. The van der Waals surface area contributed by atoms with Gasteiger partial charge in [0, 0.05) is 10.9 Å². The Kier molecular flexibility index (Phi) is 4.46. The summed E-state index contributed by atoms with van der Waals surface area (Å²) >= 11 is 1.53. The van der Waals surface area contributed by atoms with Gasteiger partial charge in [-0.1, -0.05) is 32.3 Å². The van der Waals surface area contributed by atoms with Crippen molar-refractivity contribution >= 4 is 22.2 Å². The maximum atomic E-state index is 12.2. The second kappa shape index (κ2) is 6.40. The monoisotopic (exact) mass is 343 g/mol. The Labute approximate surface area is 145 Å². The Morgan fingerprint density at radius 1 is 1.58 bits per heavy atom. The van der Waals surface area contributed by atoms with E-state index in [9.17, 15) is 10.1 Å². The largest absolute Gasteiger partial charge is 0.351 e. The fraction of sp³-hybridized carbons (Fsp3) is 0.500. The zero-order valence-electron chi connectivity index (χ0n) is 14.2. The highest BCUT2D eigenvalue weighted by molar-refractivity contribution is 7.16. The van der Waals surface area contributed by atoms with Crippen LogP contribution < -0.4 is 5.32 Å². The number of nitriles is 1. The van der Waals surface area contributed by atoms with E-state index >= 15 is 0 Å². The Morgan fingerprint density at radius 3 is 3.00 bits per heavy atom. The maximum absolute atomic E-state index is 12.2. The minimum absolute atomic E-state index is 0.148. The van der Waals surface area contributed by atoms with Crippen LogP contribution in [0.5, 0.6) is 0 Å². The summed E-state index contributed by atoms with van der Waals surface area (Å²) in [5.74, 6) is 0.390. The molecule has 0 saturated carbocycles. The van der Waals surface area contributed by atoms with Gasteiger partial charge in [-0.05, 0) is 36.2 Å². The van der Waals surface area contributed by atoms with Gasteiger partial charge in [0.1, 0.15) is 11.1 Å². The summed E-state index contributed by atoms with van der Waals surface area (Å²) in [7, 11) is 0. The van der Waals surface area contributed by atoms with Crippen LogP contribution in [0.4, 0.5) is 5.00 Å². The molecule has 2 aromatic heterocycles. The topological polar surface area (TPSA) is 78.9 Å². The van der Waals surface area contributed by atoms with Crippen molar-refractivity contribution in [2.24, 2.45) is 11.3 Å². The molecule has 0 radical (unpaired) electrons. The molecule has 2 heterocycles. The van der Waals surface area contributed by atoms with Crippen LogP contribution in [0, 0.1) is 22.7 Å². The lowest BCUT2D eigenvalue weighted by Crippen LogP contribution is -2.28. The fourth-order valence-electron chi connectivity index (χ4n) is 3.25.